The van der Waals surface area contributed by atoms with Crippen LogP contribution >= 0.6 is 0 Å². The molecule has 1 aromatic carbocycles. The standard InChI is InChI=1S/C8H10O/c1-7-4-3-5-8(6-7)9-2/h3-6,9H,2H2,1H3. The number of ether oxygens (including phenoxy) is 1. The van der Waals surface area contributed by atoms with Crippen molar-refractivity contribution < 1.29 is 4.74 Å². The van der Waals surface area contributed by atoms with Crippen LogP contribution in [0.2, 0.25) is 0 Å². The van der Waals surface area contributed by atoms with Crippen molar-refractivity contribution in [2.24, 2.45) is 0 Å². The molecule has 0 aliphatic heterocycles. The Morgan fingerprint density at radius 3 is 2.67 bits per heavy atom. The first-order chi connectivity index (χ1) is 4.33. The molecule has 0 bridgehead atoms. The highest BCUT2D eigenvalue weighted by molar-refractivity contribution is 5.26. The number of aryl methyl sites for hydroxylation is 1. The van der Waals surface area contributed by atoms with Gasteiger partial charge in [0.2, 0.25) is 5.75 Å². The van der Waals surface area contributed by atoms with Gasteiger partial charge < -0.3 is 4.74 Å². The monoisotopic (exact) mass is 122 g/mol. The van der Waals surface area contributed by atoms with Crippen LogP contribution in [0.5, 0.6) is 5.75 Å². The average Bonchev–Trinajstić information content (AvgIpc) is 1.88. The minimum atomic E-state index is 0.940. The van der Waals surface area contributed by atoms with Crippen molar-refractivity contribution in [3.63, 3.8) is 0 Å². The maximum absolute atomic E-state index is 3.78. The molecule has 0 saturated heterocycles. The van der Waals surface area contributed by atoms with Gasteiger partial charge in [0, 0.05) is 12.1 Å². The Morgan fingerprint density at radius 1 is 1.44 bits per heavy atom. The first-order valence-electron chi connectivity index (χ1n) is 2.86. The van der Waals surface area contributed by atoms with E-state index in [2.05, 4.69) is 11.8 Å². The van der Waals surface area contributed by atoms with E-state index >= 15 is 0 Å². The molecule has 1 nitrogen and oxygen atoms in total. The third-order valence-electron chi connectivity index (χ3n) is 1.18. The van der Waals surface area contributed by atoms with Gasteiger partial charge in [-0.05, 0) is 19.6 Å². The first kappa shape index (κ1) is 6.14. The van der Waals surface area contributed by atoms with Crippen molar-refractivity contribution in [1.82, 2.24) is 0 Å². The van der Waals surface area contributed by atoms with E-state index in [1.54, 1.807) is 0 Å². The summed E-state index contributed by atoms with van der Waals surface area (Å²) in [6.45, 7) is 2.04. The molecule has 0 heterocycles. The number of aliphatic hydroxyl groups is 1. The molecule has 1 heteroatoms. The summed E-state index contributed by atoms with van der Waals surface area (Å²) in [4.78, 5) is 0. The number of rotatable bonds is 1. The second-order valence-electron chi connectivity index (χ2n) is 2.00. The van der Waals surface area contributed by atoms with Crippen LogP contribution in [0, 0.1) is 14.0 Å². The molecule has 0 atom stereocenters. The van der Waals surface area contributed by atoms with Crippen molar-refractivity contribution in [3.8, 4) is 5.75 Å². The van der Waals surface area contributed by atoms with Crippen LogP contribution in [0.15, 0.2) is 24.3 Å². The molecule has 1 rings (SSSR count). The number of aromatic hydroxyl groups is 1. The Bertz CT molecular complexity index is 194. The highest BCUT2D eigenvalue weighted by Gasteiger charge is 1.89. The summed E-state index contributed by atoms with van der Waals surface area (Å²) in [5.41, 5.74) is 1.22. The topological polar surface area (TPSA) is 12.8 Å². The minimum Gasteiger partial charge on any atom is -0.722 e. The summed E-state index contributed by atoms with van der Waals surface area (Å²) in [5, 5.41) is 0. The average molecular weight is 122 g/mol. The molecule has 0 amide bonds. The lowest BCUT2D eigenvalue weighted by atomic mass is 10.2. The van der Waals surface area contributed by atoms with Crippen molar-refractivity contribution in [2.75, 3.05) is 0 Å². The van der Waals surface area contributed by atoms with Crippen LogP contribution in [0.25, 0.3) is 0 Å². The highest BCUT2D eigenvalue weighted by Crippen LogP contribution is 2.11. The Morgan fingerprint density at radius 2 is 2.22 bits per heavy atom. The largest absolute Gasteiger partial charge is 0.722 e. The van der Waals surface area contributed by atoms with E-state index in [1.807, 2.05) is 31.2 Å². The zero-order valence-electron chi connectivity index (χ0n) is 5.46. The van der Waals surface area contributed by atoms with Crippen LogP contribution in [0.1, 0.15) is 5.56 Å². The van der Waals surface area contributed by atoms with Gasteiger partial charge in [-0.15, -0.1) is 0 Å². The molecule has 0 fully saturated rings. The molecule has 0 aliphatic rings. The summed E-state index contributed by atoms with van der Waals surface area (Å²) < 4.78 is 3.78. The maximum Gasteiger partial charge on any atom is 0.226 e. The lowest BCUT2D eigenvalue weighted by Crippen LogP contribution is -1.74. The highest BCUT2D eigenvalue weighted by atomic mass is 16.5. The van der Waals surface area contributed by atoms with Gasteiger partial charge in [-0.1, -0.05) is 12.1 Å². The molecule has 9 heavy (non-hydrogen) atoms. The molecule has 1 aromatic rings. The predicted molar refractivity (Wildman–Crippen MR) is 38.2 cm³/mol. The predicted octanol–water partition coefficient (Wildman–Crippen LogP) is 2.03. The molecular weight excluding hydrogens is 112 g/mol. The molecule has 0 unspecified atom stereocenters. The second-order valence-corrected chi connectivity index (χ2v) is 2.00. The second kappa shape index (κ2) is 2.53. The van der Waals surface area contributed by atoms with Crippen LogP contribution in [0.3, 0.4) is 0 Å². The summed E-state index contributed by atoms with van der Waals surface area (Å²) in [6.07, 6.45) is 0. The maximum atomic E-state index is 3.78. The number of hydrogen-bond donors (Lipinski definition) is 0. The lowest BCUT2D eigenvalue weighted by molar-refractivity contribution is 0.186. The molecule has 0 saturated carbocycles. The Labute approximate surface area is 55.3 Å². The van der Waals surface area contributed by atoms with Crippen molar-refractivity contribution in [2.45, 2.75) is 6.92 Å². The van der Waals surface area contributed by atoms with Gasteiger partial charge in [0.15, 0.2) is 0 Å². The van der Waals surface area contributed by atoms with E-state index in [0.717, 1.165) is 5.75 Å². The third kappa shape index (κ3) is 1.46. The van der Waals surface area contributed by atoms with Gasteiger partial charge in [0.25, 0.3) is 0 Å². The smallest absolute Gasteiger partial charge is 0.226 e. The van der Waals surface area contributed by atoms with E-state index in [-0.39, 0.29) is 0 Å². The number of benzene rings is 1. The van der Waals surface area contributed by atoms with Crippen LogP contribution in [-0.2, 0) is 0 Å². The van der Waals surface area contributed by atoms with Crippen LogP contribution < -0.4 is 0 Å². The van der Waals surface area contributed by atoms with Crippen molar-refractivity contribution >= 4 is 0 Å². The minimum absolute atomic E-state index is 0.940. The van der Waals surface area contributed by atoms with Gasteiger partial charge >= 0.3 is 0 Å². The zero-order valence-corrected chi connectivity index (χ0v) is 5.46. The summed E-state index contributed by atoms with van der Waals surface area (Å²) in [5.74, 6) is 0.940. The van der Waals surface area contributed by atoms with E-state index in [0.29, 0.717) is 0 Å². The van der Waals surface area contributed by atoms with Gasteiger partial charge in [-0.2, -0.15) is 0 Å². The lowest BCUT2D eigenvalue weighted by Gasteiger charge is -2.01. The summed E-state index contributed by atoms with van der Waals surface area (Å²) in [7, 11) is 3.42. The molecule has 0 aromatic heterocycles. The number of hydrogen-bond acceptors (Lipinski definition) is 0. The molecule has 0 aliphatic carbocycles. The van der Waals surface area contributed by atoms with E-state index in [9.17, 15) is 0 Å². The van der Waals surface area contributed by atoms with E-state index in [4.69, 9.17) is 0 Å². The van der Waals surface area contributed by atoms with Gasteiger partial charge in [-0.3, -0.25) is 0 Å². The quantitative estimate of drug-likeness (QED) is 0.399. The van der Waals surface area contributed by atoms with Crippen molar-refractivity contribution in [3.05, 3.63) is 36.9 Å². The summed E-state index contributed by atoms with van der Waals surface area (Å²) in [6, 6.07) is 7.93. The Kier molecular flexibility index (Phi) is 1.73. The Balaban J connectivity index is 2.94. The van der Waals surface area contributed by atoms with E-state index < -0.39 is 0 Å². The van der Waals surface area contributed by atoms with Gasteiger partial charge in [0.1, 0.15) is 0 Å². The molecule has 0 radical (unpaired) electrons. The Hall–Kier alpha value is -0.980. The van der Waals surface area contributed by atoms with Crippen LogP contribution in [-0.4, -0.2) is 4.74 Å². The fraction of sp³-hybridized carbons (Fsp3) is 0.125. The molecule has 0 spiro atoms. The van der Waals surface area contributed by atoms with Crippen molar-refractivity contribution in [1.29, 1.82) is 0 Å². The fourth-order valence-corrected chi connectivity index (χ4v) is 0.726. The van der Waals surface area contributed by atoms with E-state index in [1.165, 1.54) is 5.56 Å². The van der Waals surface area contributed by atoms with Crippen LogP contribution in [0.4, 0.5) is 0 Å². The normalized spacial score (nSPS) is 9.11. The fourth-order valence-electron chi connectivity index (χ4n) is 0.726. The third-order valence-corrected chi connectivity index (χ3v) is 1.18. The SMILES string of the molecule is [CH2-][OH+]c1cccc(C)c1. The molecule has 1 N–H and O–H groups in total. The van der Waals surface area contributed by atoms with Gasteiger partial charge in [-0.25, -0.2) is 0 Å². The molecule has 48 valence electrons. The first-order valence-corrected chi connectivity index (χ1v) is 2.86. The van der Waals surface area contributed by atoms with Gasteiger partial charge in [0.05, 0.1) is 0 Å². The molecular formula is C8H10O. The summed E-state index contributed by atoms with van der Waals surface area (Å²) >= 11 is 0. The zero-order chi connectivity index (χ0) is 6.69.